The molecule has 2 rings (SSSR count). The summed E-state index contributed by atoms with van der Waals surface area (Å²) < 4.78 is 0. The molecule has 1 aliphatic heterocycles. The first-order valence-electron chi connectivity index (χ1n) is 4.25. The van der Waals surface area contributed by atoms with Crippen molar-refractivity contribution in [2.24, 2.45) is 11.8 Å². The van der Waals surface area contributed by atoms with E-state index in [9.17, 15) is 4.79 Å². The van der Waals surface area contributed by atoms with Gasteiger partial charge in [-0.05, 0) is 31.2 Å². The number of carboxylic acids is 1. The van der Waals surface area contributed by atoms with Gasteiger partial charge in [0, 0.05) is 0 Å². The summed E-state index contributed by atoms with van der Waals surface area (Å²) in [5, 5.41) is 11.9. The highest BCUT2D eigenvalue weighted by atomic mass is 16.4. The quantitative estimate of drug-likeness (QED) is 0.578. The monoisotopic (exact) mass is 155 g/mol. The van der Waals surface area contributed by atoms with E-state index < -0.39 is 5.97 Å². The van der Waals surface area contributed by atoms with Crippen LogP contribution in [0.15, 0.2) is 0 Å². The zero-order valence-electron chi connectivity index (χ0n) is 6.42. The van der Waals surface area contributed by atoms with E-state index in [2.05, 4.69) is 5.32 Å². The van der Waals surface area contributed by atoms with E-state index in [1.807, 2.05) is 0 Å². The minimum absolute atomic E-state index is 0.248. The average Bonchev–Trinajstić information content (AvgIpc) is 2.41. The molecule has 0 radical (unpaired) electrons. The van der Waals surface area contributed by atoms with Crippen LogP contribution in [0.4, 0.5) is 0 Å². The lowest BCUT2D eigenvalue weighted by atomic mass is 9.94. The fourth-order valence-corrected chi connectivity index (χ4v) is 2.46. The summed E-state index contributed by atoms with van der Waals surface area (Å²) in [7, 11) is 0. The maximum absolute atomic E-state index is 10.7. The van der Waals surface area contributed by atoms with Gasteiger partial charge in [-0.3, -0.25) is 4.79 Å². The lowest BCUT2D eigenvalue weighted by Gasteiger charge is -2.12. The predicted octanol–water partition coefficient (Wildman–Crippen LogP) is 0.459. The van der Waals surface area contributed by atoms with E-state index in [4.69, 9.17) is 5.11 Å². The second kappa shape index (κ2) is 2.48. The van der Waals surface area contributed by atoms with Gasteiger partial charge in [0.2, 0.25) is 0 Å². The van der Waals surface area contributed by atoms with Crippen LogP contribution in [0.1, 0.15) is 19.3 Å². The summed E-state index contributed by atoms with van der Waals surface area (Å²) in [4.78, 5) is 10.7. The third-order valence-electron chi connectivity index (χ3n) is 3.01. The van der Waals surface area contributed by atoms with Gasteiger partial charge >= 0.3 is 5.97 Å². The first-order valence-corrected chi connectivity index (χ1v) is 4.25. The molecule has 0 spiro atoms. The normalized spacial score (nSPS) is 42.4. The molecule has 1 saturated heterocycles. The van der Waals surface area contributed by atoms with Gasteiger partial charge in [0.05, 0.1) is 0 Å². The van der Waals surface area contributed by atoms with Crippen LogP contribution in [0.5, 0.6) is 0 Å². The molecule has 2 N–H and O–H groups in total. The Morgan fingerprint density at radius 2 is 2.27 bits per heavy atom. The molecule has 1 heterocycles. The van der Waals surface area contributed by atoms with Crippen LogP contribution in [0.2, 0.25) is 0 Å². The standard InChI is InChI=1S/C8H13NO2/c10-8(11)7-6-3-1-2-5(6)4-9-7/h5-7,9H,1-4H2,(H,10,11)/t5?,6-,7+/m1/s1. The molecule has 2 fully saturated rings. The molecule has 0 bridgehead atoms. The van der Waals surface area contributed by atoms with Crippen molar-refractivity contribution in [3.05, 3.63) is 0 Å². The maximum Gasteiger partial charge on any atom is 0.320 e. The highest BCUT2D eigenvalue weighted by molar-refractivity contribution is 5.74. The molecule has 11 heavy (non-hydrogen) atoms. The van der Waals surface area contributed by atoms with E-state index in [1.165, 1.54) is 12.8 Å². The molecular weight excluding hydrogens is 142 g/mol. The molecule has 0 amide bonds. The molecule has 3 heteroatoms. The van der Waals surface area contributed by atoms with Gasteiger partial charge in [-0.25, -0.2) is 0 Å². The Labute approximate surface area is 65.8 Å². The number of fused-ring (bicyclic) bond motifs is 1. The van der Waals surface area contributed by atoms with Crippen molar-refractivity contribution in [2.45, 2.75) is 25.3 Å². The minimum atomic E-state index is -0.667. The molecule has 0 aromatic rings. The molecule has 1 saturated carbocycles. The van der Waals surface area contributed by atoms with Gasteiger partial charge in [0.1, 0.15) is 6.04 Å². The van der Waals surface area contributed by atoms with Gasteiger partial charge < -0.3 is 10.4 Å². The van der Waals surface area contributed by atoms with E-state index in [0.29, 0.717) is 11.8 Å². The van der Waals surface area contributed by atoms with Crippen LogP contribution in [0, 0.1) is 11.8 Å². The van der Waals surface area contributed by atoms with E-state index >= 15 is 0 Å². The average molecular weight is 155 g/mol. The number of aliphatic carboxylic acids is 1. The predicted molar refractivity (Wildman–Crippen MR) is 40.3 cm³/mol. The molecule has 3 nitrogen and oxygen atoms in total. The second-order valence-corrected chi connectivity index (χ2v) is 3.58. The van der Waals surface area contributed by atoms with E-state index in [0.717, 1.165) is 13.0 Å². The lowest BCUT2D eigenvalue weighted by Crippen LogP contribution is -2.35. The third-order valence-corrected chi connectivity index (χ3v) is 3.01. The van der Waals surface area contributed by atoms with Crippen molar-refractivity contribution in [2.75, 3.05) is 6.54 Å². The molecule has 0 aromatic carbocycles. The topological polar surface area (TPSA) is 49.3 Å². The van der Waals surface area contributed by atoms with E-state index in [-0.39, 0.29) is 6.04 Å². The van der Waals surface area contributed by atoms with Gasteiger partial charge in [-0.2, -0.15) is 0 Å². The van der Waals surface area contributed by atoms with Gasteiger partial charge in [-0.15, -0.1) is 0 Å². The Bertz CT molecular complexity index is 181. The zero-order valence-corrected chi connectivity index (χ0v) is 6.42. The van der Waals surface area contributed by atoms with Crippen molar-refractivity contribution >= 4 is 5.97 Å². The maximum atomic E-state index is 10.7. The molecule has 2 aliphatic rings. The van der Waals surface area contributed by atoms with Crippen LogP contribution in [0.25, 0.3) is 0 Å². The van der Waals surface area contributed by atoms with Gasteiger partial charge in [0.25, 0.3) is 0 Å². The number of hydrogen-bond acceptors (Lipinski definition) is 2. The third kappa shape index (κ3) is 1.03. The number of carboxylic acid groups (broad SMARTS) is 1. The fraction of sp³-hybridized carbons (Fsp3) is 0.875. The molecule has 0 aromatic heterocycles. The van der Waals surface area contributed by atoms with Crippen LogP contribution < -0.4 is 5.32 Å². The van der Waals surface area contributed by atoms with Crippen molar-refractivity contribution in [1.29, 1.82) is 0 Å². The highest BCUT2D eigenvalue weighted by Crippen LogP contribution is 2.37. The summed E-state index contributed by atoms with van der Waals surface area (Å²) in [6.07, 6.45) is 3.55. The molecule has 3 atom stereocenters. The highest BCUT2D eigenvalue weighted by Gasteiger charge is 2.42. The Kier molecular flexibility index (Phi) is 1.60. The first kappa shape index (κ1) is 7.10. The van der Waals surface area contributed by atoms with Crippen molar-refractivity contribution < 1.29 is 9.90 Å². The van der Waals surface area contributed by atoms with Crippen molar-refractivity contribution in [1.82, 2.24) is 5.32 Å². The molecule has 1 aliphatic carbocycles. The van der Waals surface area contributed by atoms with Crippen LogP contribution in [0.3, 0.4) is 0 Å². The Morgan fingerprint density at radius 3 is 3.00 bits per heavy atom. The first-order chi connectivity index (χ1) is 5.29. The van der Waals surface area contributed by atoms with Crippen LogP contribution >= 0.6 is 0 Å². The summed E-state index contributed by atoms with van der Waals surface area (Å²) in [5.41, 5.74) is 0. The van der Waals surface area contributed by atoms with Crippen molar-refractivity contribution in [3.63, 3.8) is 0 Å². The van der Waals surface area contributed by atoms with Gasteiger partial charge in [-0.1, -0.05) is 6.42 Å². The summed E-state index contributed by atoms with van der Waals surface area (Å²) >= 11 is 0. The number of carbonyl (C=O) groups is 1. The number of hydrogen-bond donors (Lipinski definition) is 2. The minimum Gasteiger partial charge on any atom is -0.480 e. The molecule has 62 valence electrons. The lowest BCUT2D eigenvalue weighted by molar-refractivity contribution is -0.140. The zero-order chi connectivity index (χ0) is 7.84. The molecule has 1 unspecified atom stereocenters. The molecular formula is C8H13NO2. The second-order valence-electron chi connectivity index (χ2n) is 3.58. The van der Waals surface area contributed by atoms with E-state index in [1.54, 1.807) is 0 Å². The summed E-state index contributed by atoms with van der Waals surface area (Å²) in [6, 6.07) is -0.248. The summed E-state index contributed by atoms with van der Waals surface area (Å²) in [5.74, 6) is 0.406. The Balaban J connectivity index is 2.08. The number of nitrogens with one attached hydrogen (secondary N) is 1. The largest absolute Gasteiger partial charge is 0.480 e. The Hall–Kier alpha value is -0.570. The van der Waals surface area contributed by atoms with Crippen molar-refractivity contribution in [3.8, 4) is 0 Å². The fourth-order valence-electron chi connectivity index (χ4n) is 2.46. The smallest absolute Gasteiger partial charge is 0.320 e. The van der Waals surface area contributed by atoms with Crippen LogP contribution in [-0.2, 0) is 4.79 Å². The summed E-state index contributed by atoms with van der Waals surface area (Å²) in [6.45, 7) is 0.918. The van der Waals surface area contributed by atoms with Crippen LogP contribution in [-0.4, -0.2) is 23.7 Å². The SMILES string of the molecule is O=C(O)[C@H]1NCC2CCC[C@H]21. The number of rotatable bonds is 1. The Morgan fingerprint density at radius 1 is 1.45 bits per heavy atom. The van der Waals surface area contributed by atoms with Gasteiger partial charge in [0.15, 0.2) is 0 Å².